The van der Waals surface area contributed by atoms with Crippen LogP contribution in [-0.2, 0) is 4.79 Å². The molecule has 0 unspecified atom stereocenters. The van der Waals surface area contributed by atoms with Gasteiger partial charge in [-0.2, -0.15) is 0 Å². The molecule has 4 heteroatoms. The molecule has 0 atom stereocenters. The fraction of sp³-hybridized carbons (Fsp3) is 0.136. The number of hydrogen-bond donors (Lipinski definition) is 1. The molecule has 0 saturated carbocycles. The Labute approximate surface area is 152 Å². The molecule has 0 radical (unpaired) electrons. The molecule has 1 aliphatic heterocycles. The molecule has 1 N–H and O–H groups in total. The number of amides is 1. The van der Waals surface area contributed by atoms with Gasteiger partial charge in [-0.15, -0.1) is 0 Å². The maximum atomic E-state index is 12.9. The summed E-state index contributed by atoms with van der Waals surface area (Å²) in [6, 6.07) is 24.9. The van der Waals surface area contributed by atoms with Gasteiger partial charge in [0.15, 0.2) is 0 Å². The van der Waals surface area contributed by atoms with E-state index in [0.29, 0.717) is 13.2 Å². The number of ether oxygens (including phenoxy) is 2. The van der Waals surface area contributed by atoms with Gasteiger partial charge in [-0.05, 0) is 24.3 Å². The van der Waals surface area contributed by atoms with Crippen LogP contribution in [0.1, 0.15) is 17.0 Å². The first kappa shape index (κ1) is 16.2. The molecule has 0 saturated heterocycles. The third-order valence-corrected chi connectivity index (χ3v) is 4.36. The standard InChI is InChI=1S/C22H19NO3/c24-22(23-14-15-25-16-8-2-1-3-9-16)21-17-10-4-6-12-19(17)26-20-13-7-5-11-18(20)21/h1-13,21H,14-15H2,(H,23,24). The van der Waals surface area contributed by atoms with Crippen LogP contribution in [0.4, 0.5) is 0 Å². The van der Waals surface area contributed by atoms with Gasteiger partial charge < -0.3 is 14.8 Å². The van der Waals surface area contributed by atoms with Crippen LogP contribution in [0, 0.1) is 0 Å². The number of nitrogens with one attached hydrogen (secondary N) is 1. The van der Waals surface area contributed by atoms with Crippen molar-refractivity contribution in [3.8, 4) is 17.2 Å². The van der Waals surface area contributed by atoms with Crippen LogP contribution in [0.25, 0.3) is 0 Å². The molecular weight excluding hydrogens is 326 g/mol. The fourth-order valence-electron chi connectivity index (χ4n) is 3.15. The largest absolute Gasteiger partial charge is 0.492 e. The van der Waals surface area contributed by atoms with Crippen molar-refractivity contribution in [2.45, 2.75) is 5.92 Å². The second-order valence-electron chi connectivity index (χ2n) is 6.06. The maximum Gasteiger partial charge on any atom is 0.232 e. The van der Waals surface area contributed by atoms with Crippen molar-refractivity contribution in [3.05, 3.63) is 90.0 Å². The topological polar surface area (TPSA) is 47.6 Å². The predicted molar refractivity (Wildman–Crippen MR) is 99.7 cm³/mol. The minimum Gasteiger partial charge on any atom is -0.492 e. The molecule has 3 aromatic carbocycles. The second-order valence-corrected chi connectivity index (χ2v) is 6.06. The molecule has 0 spiro atoms. The molecule has 1 aliphatic rings. The van der Waals surface area contributed by atoms with E-state index in [1.807, 2.05) is 78.9 Å². The van der Waals surface area contributed by atoms with Gasteiger partial charge >= 0.3 is 0 Å². The maximum absolute atomic E-state index is 12.9. The molecule has 0 bridgehead atoms. The summed E-state index contributed by atoms with van der Waals surface area (Å²) in [7, 11) is 0. The Morgan fingerprint density at radius 1 is 0.846 bits per heavy atom. The number of hydrogen-bond acceptors (Lipinski definition) is 3. The number of rotatable bonds is 5. The lowest BCUT2D eigenvalue weighted by atomic mass is 9.87. The van der Waals surface area contributed by atoms with Crippen molar-refractivity contribution < 1.29 is 14.3 Å². The first-order valence-corrected chi connectivity index (χ1v) is 8.64. The van der Waals surface area contributed by atoms with E-state index in [1.54, 1.807) is 0 Å². The Morgan fingerprint density at radius 2 is 1.42 bits per heavy atom. The summed E-state index contributed by atoms with van der Waals surface area (Å²) in [6.45, 7) is 0.859. The van der Waals surface area contributed by atoms with E-state index in [9.17, 15) is 4.79 Å². The van der Waals surface area contributed by atoms with E-state index < -0.39 is 0 Å². The summed E-state index contributed by atoms with van der Waals surface area (Å²) in [5.74, 6) is 1.82. The smallest absolute Gasteiger partial charge is 0.232 e. The van der Waals surface area contributed by atoms with Gasteiger partial charge in [0.05, 0.1) is 12.5 Å². The number of fused-ring (bicyclic) bond motifs is 2. The Balaban J connectivity index is 1.47. The molecule has 0 fully saturated rings. The van der Waals surface area contributed by atoms with E-state index in [4.69, 9.17) is 9.47 Å². The summed E-state index contributed by atoms with van der Waals surface area (Å²) < 4.78 is 11.6. The minimum absolute atomic E-state index is 0.0511. The average Bonchev–Trinajstić information content (AvgIpc) is 2.70. The van der Waals surface area contributed by atoms with Crippen molar-refractivity contribution in [3.63, 3.8) is 0 Å². The highest BCUT2D eigenvalue weighted by molar-refractivity contribution is 5.89. The fourth-order valence-corrected chi connectivity index (χ4v) is 3.15. The van der Waals surface area contributed by atoms with E-state index in [-0.39, 0.29) is 11.8 Å². The average molecular weight is 345 g/mol. The van der Waals surface area contributed by atoms with Crippen LogP contribution in [0.5, 0.6) is 17.2 Å². The number of carbonyl (C=O) groups excluding carboxylic acids is 1. The molecule has 1 heterocycles. The third kappa shape index (κ3) is 3.26. The quantitative estimate of drug-likeness (QED) is 0.708. The summed E-state index contributed by atoms with van der Waals surface area (Å²) in [4.78, 5) is 12.9. The summed E-state index contributed by atoms with van der Waals surface area (Å²) in [6.07, 6.45) is 0. The molecular formula is C22H19NO3. The van der Waals surface area contributed by atoms with Crippen LogP contribution in [0.2, 0.25) is 0 Å². The molecule has 0 aromatic heterocycles. The highest BCUT2D eigenvalue weighted by atomic mass is 16.5. The van der Waals surface area contributed by atoms with Crippen molar-refractivity contribution in [1.82, 2.24) is 5.32 Å². The zero-order valence-corrected chi connectivity index (χ0v) is 14.2. The molecule has 1 amide bonds. The predicted octanol–water partition coefficient (Wildman–Crippen LogP) is 4.12. The van der Waals surface area contributed by atoms with Crippen molar-refractivity contribution >= 4 is 5.91 Å². The number of carbonyl (C=O) groups is 1. The Bertz CT molecular complexity index is 863. The van der Waals surface area contributed by atoms with Crippen LogP contribution in [0.15, 0.2) is 78.9 Å². The summed E-state index contributed by atoms with van der Waals surface area (Å²) in [5.41, 5.74) is 1.76. The monoisotopic (exact) mass is 345 g/mol. The number of benzene rings is 3. The molecule has 26 heavy (non-hydrogen) atoms. The molecule has 4 rings (SSSR count). The number of para-hydroxylation sites is 3. The molecule has 130 valence electrons. The van der Waals surface area contributed by atoms with Crippen molar-refractivity contribution in [2.75, 3.05) is 13.2 Å². The normalized spacial score (nSPS) is 12.5. The first-order valence-electron chi connectivity index (χ1n) is 8.64. The van der Waals surface area contributed by atoms with E-state index in [0.717, 1.165) is 28.4 Å². The van der Waals surface area contributed by atoms with Gasteiger partial charge in [0, 0.05) is 11.1 Å². The van der Waals surface area contributed by atoms with Gasteiger partial charge in [-0.25, -0.2) is 0 Å². The van der Waals surface area contributed by atoms with E-state index >= 15 is 0 Å². The Morgan fingerprint density at radius 3 is 2.08 bits per heavy atom. The van der Waals surface area contributed by atoms with Gasteiger partial charge in [0.2, 0.25) is 5.91 Å². The van der Waals surface area contributed by atoms with Gasteiger partial charge in [0.1, 0.15) is 23.9 Å². The van der Waals surface area contributed by atoms with Gasteiger partial charge in [-0.1, -0.05) is 54.6 Å². The zero-order valence-electron chi connectivity index (χ0n) is 14.2. The van der Waals surface area contributed by atoms with Crippen LogP contribution in [0.3, 0.4) is 0 Å². The van der Waals surface area contributed by atoms with Crippen molar-refractivity contribution in [2.24, 2.45) is 0 Å². The lowest BCUT2D eigenvalue weighted by Crippen LogP contribution is -2.34. The Hall–Kier alpha value is -3.27. The summed E-state index contributed by atoms with van der Waals surface area (Å²) >= 11 is 0. The van der Waals surface area contributed by atoms with Gasteiger partial charge in [-0.3, -0.25) is 4.79 Å². The second kappa shape index (κ2) is 7.31. The van der Waals surface area contributed by atoms with Crippen molar-refractivity contribution in [1.29, 1.82) is 0 Å². The van der Waals surface area contributed by atoms with Gasteiger partial charge in [0.25, 0.3) is 0 Å². The molecule has 0 aliphatic carbocycles. The highest BCUT2D eigenvalue weighted by Gasteiger charge is 2.32. The third-order valence-electron chi connectivity index (χ3n) is 4.36. The van der Waals surface area contributed by atoms with Crippen LogP contribution in [-0.4, -0.2) is 19.1 Å². The van der Waals surface area contributed by atoms with Crippen LogP contribution < -0.4 is 14.8 Å². The molecule has 4 nitrogen and oxygen atoms in total. The van der Waals surface area contributed by atoms with Crippen LogP contribution >= 0.6 is 0 Å². The lowest BCUT2D eigenvalue weighted by molar-refractivity contribution is -0.121. The SMILES string of the molecule is O=C(NCCOc1ccccc1)C1c2ccccc2Oc2ccccc21. The van der Waals surface area contributed by atoms with E-state index in [1.165, 1.54) is 0 Å². The zero-order chi connectivity index (χ0) is 17.8. The Kier molecular flexibility index (Phi) is 4.56. The lowest BCUT2D eigenvalue weighted by Gasteiger charge is -2.27. The highest BCUT2D eigenvalue weighted by Crippen LogP contribution is 2.43. The minimum atomic E-state index is -0.382. The summed E-state index contributed by atoms with van der Waals surface area (Å²) in [5, 5.41) is 2.98. The first-order chi connectivity index (χ1) is 12.8. The molecule has 3 aromatic rings. The van der Waals surface area contributed by atoms with E-state index in [2.05, 4.69) is 5.32 Å².